The summed E-state index contributed by atoms with van der Waals surface area (Å²) >= 11 is 0. The number of carbonyl (C=O) groups excluding carboxylic acids is 1. The molecule has 0 saturated heterocycles. The molecule has 0 heterocycles. The predicted octanol–water partition coefficient (Wildman–Crippen LogP) is 2.67. The molecule has 0 bridgehead atoms. The summed E-state index contributed by atoms with van der Waals surface area (Å²) < 4.78 is 28.5. The number of carbonyl (C=O) groups is 1. The first kappa shape index (κ1) is 13.4. The summed E-state index contributed by atoms with van der Waals surface area (Å²) in [7, 11) is 0. The highest BCUT2D eigenvalue weighted by Crippen LogP contribution is 2.19. The van der Waals surface area contributed by atoms with E-state index in [4.69, 9.17) is 0 Å². The summed E-state index contributed by atoms with van der Waals surface area (Å²) in [5.74, 6) is -0.221. The van der Waals surface area contributed by atoms with Crippen molar-refractivity contribution in [2.24, 2.45) is 5.92 Å². The summed E-state index contributed by atoms with van der Waals surface area (Å²) in [6, 6.07) is 5.93. The Kier molecular flexibility index (Phi) is 4.87. The van der Waals surface area contributed by atoms with Gasteiger partial charge < -0.3 is 10.1 Å². The quantitative estimate of drug-likeness (QED) is 0.863. The van der Waals surface area contributed by atoms with E-state index in [9.17, 15) is 13.6 Å². The van der Waals surface area contributed by atoms with Gasteiger partial charge in [-0.15, -0.1) is 0 Å². The van der Waals surface area contributed by atoms with Crippen LogP contribution in [0.15, 0.2) is 24.3 Å². The van der Waals surface area contributed by atoms with Gasteiger partial charge >= 0.3 is 6.61 Å². The predicted molar refractivity (Wildman–Crippen MR) is 60.2 cm³/mol. The highest BCUT2D eigenvalue weighted by atomic mass is 19.3. The number of rotatable bonds is 5. The molecule has 94 valence electrons. The Bertz CT molecular complexity index is 381. The summed E-state index contributed by atoms with van der Waals surface area (Å²) in [4.78, 5) is 11.7. The highest BCUT2D eigenvalue weighted by molar-refractivity contribution is 5.96. The molecule has 0 fully saturated rings. The number of benzene rings is 1. The minimum atomic E-state index is -2.94. The number of nitrogens with one attached hydrogen (secondary N) is 1. The van der Waals surface area contributed by atoms with Crippen molar-refractivity contribution in [3.8, 4) is 5.75 Å². The highest BCUT2D eigenvalue weighted by Gasteiger charge is 2.14. The number of halogens is 2. The maximum absolute atomic E-state index is 12.1. The average molecular weight is 243 g/mol. The molecular weight excluding hydrogens is 228 g/mol. The van der Waals surface area contributed by atoms with E-state index in [-0.39, 0.29) is 11.3 Å². The lowest BCUT2D eigenvalue weighted by atomic mass is 10.1. The third kappa shape index (κ3) is 4.38. The monoisotopic (exact) mass is 243 g/mol. The largest absolute Gasteiger partial charge is 0.434 e. The Balaban J connectivity index is 2.78. The maximum Gasteiger partial charge on any atom is 0.387 e. The van der Waals surface area contributed by atoms with Crippen molar-refractivity contribution in [2.75, 3.05) is 6.54 Å². The van der Waals surface area contributed by atoms with Crippen LogP contribution in [0.5, 0.6) is 5.75 Å². The molecule has 1 N–H and O–H groups in total. The standard InChI is InChI=1S/C12H15F2NO2/c1-8(2)7-15-11(16)9-5-3-4-6-10(9)17-12(13)14/h3-6,8,12H,7H2,1-2H3,(H,15,16). The molecule has 1 amide bonds. The third-order valence-corrected chi connectivity index (χ3v) is 2.02. The van der Waals surface area contributed by atoms with Gasteiger partial charge in [-0.1, -0.05) is 26.0 Å². The second-order valence-corrected chi connectivity index (χ2v) is 3.98. The zero-order valence-corrected chi connectivity index (χ0v) is 9.74. The number of amides is 1. The van der Waals surface area contributed by atoms with Gasteiger partial charge in [-0.2, -0.15) is 8.78 Å². The third-order valence-electron chi connectivity index (χ3n) is 2.02. The van der Waals surface area contributed by atoms with E-state index in [2.05, 4.69) is 10.1 Å². The molecule has 0 aliphatic rings. The van der Waals surface area contributed by atoms with E-state index in [1.807, 2.05) is 13.8 Å². The van der Waals surface area contributed by atoms with Crippen LogP contribution in [0.3, 0.4) is 0 Å². The molecule has 0 unspecified atom stereocenters. The lowest BCUT2D eigenvalue weighted by Gasteiger charge is -2.11. The second kappa shape index (κ2) is 6.18. The van der Waals surface area contributed by atoms with Gasteiger partial charge in [0.15, 0.2) is 0 Å². The van der Waals surface area contributed by atoms with E-state index >= 15 is 0 Å². The topological polar surface area (TPSA) is 38.3 Å². The van der Waals surface area contributed by atoms with Crippen LogP contribution in [0.1, 0.15) is 24.2 Å². The maximum atomic E-state index is 12.1. The van der Waals surface area contributed by atoms with Gasteiger partial charge in [0.25, 0.3) is 5.91 Å². The average Bonchev–Trinajstić information content (AvgIpc) is 2.25. The molecule has 0 aromatic heterocycles. The SMILES string of the molecule is CC(C)CNC(=O)c1ccccc1OC(F)F. The number of alkyl halides is 2. The minimum absolute atomic E-state index is 0.108. The molecule has 1 rings (SSSR count). The number of hydrogen-bond donors (Lipinski definition) is 1. The van der Waals surface area contributed by atoms with Crippen molar-refractivity contribution in [3.63, 3.8) is 0 Å². The fraction of sp³-hybridized carbons (Fsp3) is 0.417. The van der Waals surface area contributed by atoms with Crippen LogP contribution in [0.25, 0.3) is 0 Å². The Morgan fingerprint density at radius 1 is 1.35 bits per heavy atom. The first-order chi connectivity index (χ1) is 8.00. The molecule has 17 heavy (non-hydrogen) atoms. The molecule has 1 aromatic carbocycles. The summed E-state index contributed by atoms with van der Waals surface area (Å²) in [6.45, 7) is 1.44. The molecule has 1 aromatic rings. The molecule has 3 nitrogen and oxygen atoms in total. The number of para-hydroxylation sites is 1. The van der Waals surface area contributed by atoms with E-state index in [1.165, 1.54) is 18.2 Å². The first-order valence-electron chi connectivity index (χ1n) is 5.32. The minimum Gasteiger partial charge on any atom is -0.434 e. The van der Waals surface area contributed by atoms with Crippen LogP contribution >= 0.6 is 0 Å². The second-order valence-electron chi connectivity index (χ2n) is 3.98. The Morgan fingerprint density at radius 3 is 2.59 bits per heavy atom. The van der Waals surface area contributed by atoms with Crippen molar-refractivity contribution >= 4 is 5.91 Å². The van der Waals surface area contributed by atoms with Gasteiger partial charge in [0, 0.05) is 6.54 Å². The molecule has 0 radical (unpaired) electrons. The molecule has 5 heteroatoms. The molecular formula is C12H15F2NO2. The van der Waals surface area contributed by atoms with Crippen LogP contribution < -0.4 is 10.1 Å². The molecule has 0 aliphatic carbocycles. The van der Waals surface area contributed by atoms with Gasteiger partial charge in [-0.25, -0.2) is 0 Å². The van der Waals surface area contributed by atoms with Crippen LogP contribution in [0.4, 0.5) is 8.78 Å². The van der Waals surface area contributed by atoms with E-state index in [0.717, 1.165) is 0 Å². The molecule has 0 saturated carbocycles. The lowest BCUT2D eigenvalue weighted by molar-refractivity contribution is -0.0501. The zero-order chi connectivity index (χ0) is 12.8. The van der Waals surface area contributed by atoms with Crippen molar-refractivity contribution < 1.29 is 18.3 Å². The zero-order valence-electron chi connectivity index (χ0n) is 9.74. The summed E-state index contributed by atoms with van der Waals surface area (Å²) in [6.07, 6.45) is 0. The Hall–Kier alpha value is -1.65. The van der Waals surface area contributed by atoms with Crippen molar-refractivity contribution in [1.29, 1.82) is 0 Å². The molecule has 0 spiro atoms. The Labute approximate surface area is 98.8 Å². The van der Waals surface area contributed by atoms with Crippen LogP contribution in [0, 0.1) is 5.92 Å². The van der Waals surface area contributed by atoms with Crippen LogP contribution in [-0.2, 0) is 0 Å². The van der Waals surface area contributed by atoms with E-state index < -0.39 is 12.5 Å². The normalized spacial score (nSPS) is 10.7. The first-order valence-corrected chi connectivity index (χ1v) is 5.32. The lowest BCUT2D eigenvalue weighted by Crippen LogP contribution is -2.27. The van der Waals surface area contributed by atoms with Gasteiger partial charge in [0.1, 0.15) is 5.75 Å². The number of hydrogen-bond acceptors (Lipinski definition) is 2. The van der Waals surface area contributed by atoms with Crippen molar-refractivity contribution in [2.45, 2.75) is 20.5 Å². The van der Waals surface area contributed by atoms with E-state index in [1.54, 1.807) is 6.07 Å². The fourth-order valence-corrected chi connectivity index (χ4v) is 1.25. The van der Waals surface area contributed by atoms with E-state index in [0.29, 0.717) is 12.5 Å². The van der Waals surface area contributed by atoms with Crippen LogP contribution in [0.2, 0.25) is 0 Å². The van der Waals surface area contributed by atoms with Gasteiger partial charge in [-0.05, 0) is 18.1 Å². The van der Waals surface area contributed by atoms with Crippen molar-refractivity contribution in [1.82, 2.24) is 5.32 Å². The molecule has 0 aliphatic heterocycles. The Morgan fingerprint density at radius 2 is 2.00 bits per heavy atom. The van der Waals surface area contributed by atoms with Gasteiger partial charge in [0.2, 0.25) is 0 Å². The molecule has 0 atom stereocenters. The van der Waals surface area contributed by atoms with Crippen molar-refractivity contribution in [3.05, 3.63) is 29.8 Å². The smallest absolute Gasteiger partial charge is 0.387 e. The summed E-state index contributed by atoms with van der Waals surface area (Å²) in [5, 5.41) is 2.65. The summed E-state index contributed by atoms with van der Waals surface area (Å²) in [5.41, 5.74) is 0.119. The fourth-order valence-electron chi connectivity index (χ4n) is 1.25. The number of ether oxygens (including phenoxy) is 1. The van der Waals surface area contributed by atoms with Gasteiger partial charge in [0.05, 0.1) is 5.56 Å². The van der Waals surface area contributed by atoms with Gasteiger partial charge in [-0.3, -0.25) is 4.79 Å². The van der Waals surface area contributed by atoms with Crippen LogP contribution in [-0.4, -0.2) is 19.1 Å².